The molecule has 1 atom stereocenters. The van der Waals surface area contributed by atoms with Gasteiger partial charge in [0.05, 0.1) is 6.10 Å². The molecule has 0 spiro atoms. The van der Waals surface area contributed by atoms with Crippen molar-refractivity contribution in [1.82, 2.24) is 4.90 Å². The molecule has 0 saturated heterocycles. The Kier molecular flexibility index (Phi) is 5.46. The summed E-state index contributed by atoms with van der Waals surface area (Å²) in [5, 5.41) is 9.24. The smallest absolute Gasteiger partial charge is 0.267 e. The van der Waals surface area contributed by atoms with Gasteiger partial charge in [-0.1, -0.05) is 13.8 Å². The minimum Gasteiger partial charge on any atom is -0.391 e. The molecule has 1 unspecified atom stereocenters. The number of nitrogens with zero attached hydrogens (tertiary/aromatic N) is 1. The van der Waals surface area contributed by atoms with Crippen molar-refractivity contribution in [3.8, 4) is 0 Å². The van der Waals surface area contributed by atoms with Gasteiger partial charge in [0, 0.05) is 6.54 Å². The van der Waals surface area contributed by atoms with Crippen LogP contribution in [0.25, 0.3) is 0 Å². The van der Waals surface area contributed by atoms with Crippen LogP contribution in [0, 0.1) is 0 Å². The summed E-state index contributed by atoms with van der Waals surface area (Å²) in [6.07, 6.45) is -1.02. The number of rotatable bonds is 6. The predicted octanol–water partition coefficient (Wildman–Crippen LogP) is -0.423. The zero-order valence-corrected chi connectivity index (χ0v) is 8.79. The highest BCUT2D eigenvalue weighted by molar-refractivity contribution is 7.85. The summed E-state index contributed by atoms with van der Waals surface area (Å²) in [6.45, 7) is 5.61. The fourth-order valence-corrected chi connectivity index (χ4v) is 1.67. The zero-order valence-electron chi connectivity index (χ0n) is 7.97. The summed E-state index contributed by atoms with van der Waals surface area (Å²) in [4.78, 5) is 1.88. The van der Waals surface area contributed by atoms with E-state index in [2.05, 4.69) is 0 Å². The topological polar surface area (TPSA) is 77.8 Å². The van der Waals surface area contributed by atoms with Gasteiger partial charge in [-0.25, -0.2) is 0 Å². The molecule has 0 aliphatic heterocycles. The molecule has 0 aliphatic carbocycles. The van der Waals surface area contributed by atoms with Crippen LogP contribution in [-0.2, 0) is 10.1 Å². The normalized spacial score (nSPS) is 14.8. The second kappa shape index (κ2) is 5.54. The minimum atomic E-state index is -4.06. The molecule has 0 aliphatic rings. The van der Waals surface area contributed by atoms with Crippen molar-refractivity contribution >= 4 is 10.1 Å². The molecule has 0 saturated carbocycles. The van der Waals surface area contributed by atoms with Gasteiger partial charge >= 0.3 is 0 Å². The van der Waals surface area contributed by atoms with Crippen LogP contribution in [0.4, 0.5) is 0 Å². The summed E-state index contributed by atoms with van der Waals surface area (Å²) in [7, 11) is -4.06. The first-order valence-electron chi connectivity index (χ1n) is 4.24. The maximum absolute atomic E-state index is 10.4. The van der Waals surface area contributed by atoms with Gasteiger partial charge in [-0.2, -0.15) is 8.42 Å². The van der Waals surface area contributed by atoms with E-state index in [1.165, 1.54) is 0 Å². The molecule has 0 fully saturated rings. The number of aliphatic hydroxyl groups is 1. The lowest BCUT2D eigenvalue weighted by Crippen LogP contribution is -2.35. The van der Waals surface area contributed by atoms with Gasteiger partial charge < -0.3 is 10.0 Å². The highest BCUT2D eigenvalue weighted by atomic mass is 32.2. The van der Waals surface area contributed by atoms with Crippen LogP contribution < -0.4 is 0 Å². The molecule has 2 N–H and O–H groups in total. The Labute approximate surface area is 79.1 Å². The molecule has 0 radical (unpaired) electrons. The minimum absolute atomic E-state index is 0.271. The van der Waals surface area contributed by atoms with Gasteiger partial charge in [0.1, 0.15) is 5.75 Å². The highest BCUT2D eigenvalue weighted by Gasteiger charge is 2.15. The van der Waals surface area contributed by atoms with Crippen molar-refractivity contribution < 1.29 is 18.1 Å². The average Bonchev–Trinajstić information content (AvgIpc) is 1.96. The van der Waals surface area contributed by atoms with Crippen LogP contribution in [0.2, 0.25) is 0 Å². The van der Waals surface area contributed by atoms with E-state index in [0.29, 0.717) is 0 Å². The fraction of sp³-hybridized carbons (Fsp3) is 1.00. The first-order valence-corrected chi connectivity index (χ1v) is 5.85. The maximum atomic E-state index is 10.4. The van der Waals surface area contributed by atoms with Gasteiger partial charge in [-0.05, 0) is 13.1 Å². The van der Waals surface area contributed by atoms with Gasteiger partial charge in [0.2, 0.25) is 0 Å². The van der Waals surface area contributed by atoms with Crippen LogP contribution in [0.15, 0.2) is 0 Å². The van der Waals surface area contributed by atoms with Crippen molar-refractivity contribution in [1.29, 1.82) is 0 Å². The van der Waals surface area contributed by atoms with Crippen molar-refractivity contribution in [2.45, 2.75) is 20.0 Å². The molecular weight excluding hydrogens is 194 g/mol. The molecule has 0 amide bonds. The van der Waals surface area contributed by atoms with E-state index >= 15 is 0 Å². The van der Waals surface area contributed by atoms with Crippen LogP contribution in [0.1, 0.15) is 13.8 Å². The number of hydrogen-bond donors (Lipinski definition) is 2. The van der Waals surface area contributed by atoms with Crippen molar-refractivity contribution in [2.75, 3.05) is 25.4 Å². The summed E-state index contributed by atoms with van der Waals surface area (Å²) in [5.41, 5.74) is 0. The van der Waals surface area contributed by atoms with E-state index in [-0.39, 0.29) is 6.54 Å². The summed E-state index contributed by atoms with van der Waals surface area (Å²) >= 11 is 0. The molecule has 0 rings (SSSR count). The second-order valence-electron chi connectivity index (χ2n) is 2.89. The van der Waals surface area contributed by atoms with E-state index in [1.54, 1.807) is 0 Å². The molecule has 0 heterocycles. The quantitative estimate of drug-likeness (QED) is 0.583. The molecule has 5 nitrogen and oxygen atoms in total. The van der Waals surface area contributed by atoms with Crippen LogP contribution in [0.3, 0.4) is 0 Å². The SMILES string of the molecule is CCN(CC)CC(O)CS(=O)(=O)O. The molecule has 0 aromatic rings. The third kappa shape index (κ3) is 6.94. The van der Waals surface area contributed by atoms with Gasteiger partial charge in [0.15, 0.2) is 0 Å². The summed E-state index contributed by atoms with van der Waals surface area (Å²) < 4.78 is 29.2. The van der Waals surface area contributed by atoms with Crippen molar-refractivity contribution in [2.24, 2.45) is 0 Å². The van der Waals surface area contributed by atoms with E-state index in [0.717, 1.165) is 13.1 Å². The van der Waals surface area contributed by atoms with Crippen molar-refractivity contribution in [3.05, 3.63) is 0 Å². The van der Waals surface area contributed by atoms with Crippen LogP contribution >= 0.6 is 0 Å². The molecule has 0 aromatic carbocycles. The Bertz CT molecular complexity index is 223. The third-order valence-electron chi connectivity index (χ3n) is 1.77. The van der Waals surface area contributed by atoms with Crippen molar-refractivity contribution in [3.63, 3.8) is 0 Å². The lowest BCUT2D eigenvalue weighted by molar-refractivity contribution is 0.134. The largest absolute Gasteiger partial charge is 0.391 e. The van der Waals surface area contributed by atoms with Gasteiger partial charge in [-0.3, -0.25) is 4.55 Å². The lowest BCUT2D eigenvalue weighted by atomic mass is 10.3. The highest BCUT2D eigenvalue weighted by Crippen LogP contribution is 1.95. The number of hydrogen-bond acceptors (Lipinski definition) is 4. The third-order valence-corrected chi connectivity index (χ3v) is 2.57. The maximum Gasteiger partial charge on any atom is 0.267 e. The molecule has 0 bridgehead atoms. The standard InChI is InChI=1S/C7H17NO4S/c1-3-8(4-2)5-7(9)6-13(10,11)12/h7,9H,3-6H2,1-2H3,(H,10,11,12). The van der Waals surface area contributed by atoms with E-state index < -0.39 is 22.0 Å². The Morgan fingerprint density at radius 2 is 1.77 bits per heavy atom. The number of likely N-dealkylation sites (N-methyl/N-ethyl adjacent to an activating group) is 1. The average molecular weight is 211 g/mol. The fourth-order valence-electron chi connectivity index (χ4n) is 1.08. The summed E-state index contributed by atoms with van der Waals surface area (Å²) in [6, 6.07) is 0. The Balaban J connectivity index is 3.93. The molecule has 0 aromatic heterocycles. The predicted molar refractivity (Wildman–Crippen MR) is 50.2 cm³/mol. The Hall–Kier alpha value is -0.170. The van der Waals surface area contributed by atoms with Crippen LogP contribution in [0.5, 0.6) is 0 Å². The van der Waals surface area contributed by atoms with Gasteiger partial charge in [-0.15, -0.1) is 0 Å². The molecule has 13 heavy (non-hydrogen) atoms. The Morgan fingerprint density at radius 1 is 1.31 bits per heavy atom. The first kappa shape index (κ1) is 12.8. The van der Waals surface area contributed by atoms with E-state index in [9.17, 15) is 13.5 Å². The summed E-state index contributed by atoms with van der Waals surface area (Å²) in [5.74, 6) is -0.594. The molecular formula is C7H17NO4S. The van der Waals surface area contributed by atoms with E-state index in [1.807, 2.05) is 18.7 Å². The first-order chi connectivity index (χ1) is 5.89. The molecule has 80 valence electrons. The second-order valence-corrected chi connectivity index (χ2v) is 4.39. The lowest BCUT2D eigenvalue weighted by Gasteiger charge is -2.20. The van der Waals surface area contributed by atoms with Crippen LogP contribution in [-0.4, -0.2) is 54.5 Å². The molecule has 6 heteroatoms. The van der Waals surface area contributed by atoms with Gasteiger partial charge in [0.25, 0.3) is 10.1 Å². The zero-order chi connectivity index (χ0) is 10.5. The Morgan fingerprint density at radius 3 is 2.08 bits per heavy atom. The monoisotopic (exact) mass is 211 g/mol. The van der Waals surface area contributed by atoms with E-state index in [4.69, 9.17) is 4.55 Å². The number of aliphatic hydroxyl groups excluding tert-OH is 1.